The predicted octanol–water partition coefficient (Wildman–Crippen LogP) is 3.02. The predicted molar refractivity (Wildman–Crippen MR) is 94.6 cm³/mol. The van der Waals surface area contributed by atoms with Gasteiger partial charge in [0.1, 0.15) is 0 Å². The first-order valence-corrected chi connectivity index (χ1v) is 8.56. The Morgan fingerprint density at radius 2 is 1.83 bits per heavy atom. The monoisotopic (exact) mass is 318 g/mol. The Morgan fingerprint density at radius 1 is 1.26 bits per heavy atom. The lowest BCUT2D eigenvalue weighted by molar-refractivity contribution is -0.117. The van der Waals surface area contributed by atoms with Crippen molar-refractivity contribution in [3.05, 3.63) is 29.8 Å². The van der Waals surface area contributed by atoms with Crippen LogP contribution in [0.1, 0.15) is 46.1 Å². The minimum Gasteiger partial charge on any atom is -0.393 e. The minimum atomic E-state index is -0.243. The Kier molecular flexibility index (Phi) is 5.82. The van der Waals surface area contributed by atoms with E-state index in [1.165, 1.54) is 5.56 Å². The second-order valence-electron chi connectivity index (χ2n) is 7.73. The number of nitrogens with zero attached hydrogens (tertiary/aromatic N) is 1. The lowest BCUT2D eigenvalue weighted by atomic mass is 9.87. The number of rotatable bonds is 4. The van der Waals surface area contributed by atoms with Crippen LogP contribution in [0, 0.1) is 5.92 Å². The third-order valence-electron chi connectivity index (χ3n) is 4.72. The number of aliphatic hydroxyl groups is 1. The van der Waals surface area contributed by atoms with Crippen LogP contribution in [0.2, 0.25) is 0 Å². The van der Waals surface area contributed by atoms with Crippen molar-refractivity contribution in [2.45, 2.75) is 52.1 Å². The van der Waals surface area contributed by atoms with Crippen LogP contribution in [-0.2, 0) is 10.2 Å². The van der Waals surface area contributed by atoms with E-state index in [-0.39, 0.29) is 17.4 Å². The second kappa shape index (κ2) is 7.45. The maximum absolute atomic E-state index is 12.2. The molecule has 0 spiro atoms. The number of hydrogen-bond donors (Lipinski definition) is 2. The van der Waals surface area contributed by atoms with Crippen LogP contribution in [0.3, 0.4) is 0 Å². The number of carbonyl (C=O) groups excluding carboxylic acids is 1. The van der Waals surface area contributed by atoms with Crippen molar-refractivity contribution in [3.8, 4) is 0 Å². The van der Waals surface area contributed by atoms with E-state index in [1.807, 2.05) is 19.1 Å². The van der Waals surface area contributed by atoms with Crippen LogP contribution in [0.15, 0.2) is 24.3 Å². The summed E-state index contributed by atoms with van der Waals surface area (Å²) in [6.45, 7) is 10.6. The van der Waals surface area contributed by atoms with E-state index in [0.29, 0.717) is 12.5 Å². The van der Waals surface area contributed by atoms with E-state index < -0.39 is 0 Å². The van der Waals surface area contributed by atoms with Gasteiger partial charge in [-0.15, -0.1) is 0 Å². The molecule has 1 aromatic rings. The van der Waals surface area contributed by atoms with Gasteiger partial charge in [0.2, 0.25) is 5.91 Å². The van der Waals surface area contributed by atoms with Gasteiger partial charge < -0.3 is 10.4 Å². The number of piperidine rings is 1. The molecule has 1 saturated heterocycles. The SMILES string of the molecule is CC(O)C1CCN(CC(=O)Nc2ccc(C(C)(C)C)cc2)CC1. The molecule has 0 aromatic heterocycles. The Balaban J connectivity index is 1.81. The summed E-state index contributed by atoms with van der Waals surface area (Å²) >= 11 is 0. The maximum Gasteiger partial charge on any atom is 0.238 e. The molecule has 0 aliphatic carbocycles. The molecule has 0 radical (unpaired) electrons. The molecule has 1 unspecified atom stereocenters. The molecule has 1 aliphatic heterocycles. The molecule has 2 rings (SSSR count). The summed E-state index contributed by atoms with van der Waals surface area (Å²) < 4.78 is 0. The molecule has 128 valence electrons. The molecule has 1 aliphatic rings. The van der Waals surface area contributed by atoms with Gasteiger partial charge in [0.05, 0.1) is 12.6 Å². The van der Waals surface area contributed by atoms with Gasteiger partial charge in [0, 0.05) is 5.69 Å². The molecule has 1 aromatic carbocycles. The van der Waals surface area contributed by atoms with Crippen molar-refractivity contribution >= 4 is 11.6 Å². The fraction of sp³-hybridized carbons (Fsp3) is 0.632. The Hall–Kier alpha value is -1.39. The van der Waals surface area contributed by atoms with Crippen molar-refractivity contribution < 1.29 is 9.90 Å². The van der Waals surface area contributed by atoms with Crippen molar-refractivity contribution in [1.29, 1.82) is 0 Å². The maximum atomic E-state index is 12.2. The third kappa shape index (κ3) is 5.33. The number of hydrogen-bond acceptors (Lipinski definition) is 3. The quantitative estimate of drug-likeness (QED) is 0.897. The first kappa shape index (κ1) is 18.0. The molecule has 23 heavy (non-hydrogen) atoms. The minimum absolute atomic E-state index is 0.0315. The van der Waals surface area contributed by atoms with E-state index in [1.54, 1.807) is 0 Å². The highest BCUT2D eigenvalue weighted by Gasteiger charge is 2.23. The fourth-order valence-corrected chi connectivity index (χ4v) is 3.05. The summed E-state index contributed by atoms with van der Waals surface area (Å²) in [5.74, 6) is 0.406. The fourth-order valence-electron chi connectivity index (χ4n) is 3.05. The van der Waals surface area contributed by atoms with E-state index in [9.17, 15) is 9.90 Å². The Bertz CT molecular complexity index is 509. The topological polar surface area (TPSA) is 52.6 Å². The van der Waals surface area contributed by atoms with Gasteiger partial charge in [-0.2, -0.15) is 0 Å². The first-order valence-electron chi connectivity index (χ1n) is 8.56. The lowest BCUT2D eigenvalue weighted by Gasteiger charge is -2.32. The van der Waals surface area contributed by atoms with Gasteiger partial charge >= 0.3 is 0 Å². The van der Waals surface area contributed by atoms with Gasteiger partial charge in [-0.25, -0.2) is 0 Å². The van der Waals surface area contributed by atoms with Gasteiger partial charge in [-0.3, -0.25) is 9.69 Å². The second-order valence-corrected chi connectivity index (χ2v) is 7.73. The molecule has 2 N–H and O–H groups in total. The number of amides is 1. The summed E-state index contributed by atoms with van der Waals surface area (Å²) in [6, 6.07) is 8.09. The highest BCUT2D eigenvalue weighted by atomic mass is 16.3. The lowest BCUT2D eigenvalue weighted by Crippen LogP contribution is -2.41. The number of benzene rings is 1. The van der Waals surface area contributed by atoms with Crippen LogP contribution in [0.25, 0.3) is 0 Å². The molecule has 1 atom stereocenters. The van der Waals surface area contributed by atoms with Gasteiger partial charge in [-0.1, -0.05) is 32.9 Å². The van der Waals surface area contributed by atoms with Gasteiger partial charge in [-0.05, 0) is 61.9 Å². The molecule has 4 heteroatoms. The molecule has 0 bridgehead atoms. The van der Waals surface area contributed by atoms with Crippen LogP contribution >= 0.6 is 0 Å². The molecule has 1 fully saturated rings. The van der Waals surface area contributed by atoms with Crippen molar-refractivity contribution in [3.63, 3.8) is 0 Å². The zero-order valence-electron chi connectivity index (χ0n) is 14.8. The van der Waals surface area contributed by atoms with Gasteiger partial charge in [0.25, 0.3) is 0 Å². The zero-order chi connectivity index (χ0) is 17.0. The number of anilines is 1. The number of nitrogens with one attached hydrogen (secondary N) is 1. The first-order chi connectivity index (χ1) is 10.8. The summed E-state index contributed by atoms with van der Waals surface area (Å²) in [4.78, 5) is 14.3. The smallest absolute Gasteiger partial charge is 0.238 e. The standard InChI is InChI=1S/C19H30N2O2/c1-14(22)15-9-11-21(12-10-15)13-18(23)20-17-7-5-16(6-8-17)19(2,3)4/h5-8,14-15,22H,9-13H2,1-4H3,(H,20,23). The number of aliphatic hydroxyl groups excluding tert-OH is 1. The number of likely N-dealkylation sites (tertiary alicyclic amines) is 1. The van der Waals surface area contributed by atoms with Crippen molar-refractivity contribution in [2.24, 2.45) is 5.92 Å². The summed E-state index contributed by atoms with van der Waals surface area (Å²) in [6.07, 6.45) is 1.68. The Morgan fingerprint density at radius 3 is 2.30 bits per heavy atom. The third-order valence-corrected chi connectivity index (χ3v) is 4.72. The highest BCUT2D eigenvalue weighted by Crippen LogP contribution is 2.24. The Labute approximate surface area is 139 Å². The van der Waals surface area contributed by atoms with E-state index in [2.05, 4.69) is 43.1 Å². The number of carbonyl (C=O) groups is 1. The van der Waals surface area contributed by atoms with E-state index in [4.69, 9.17) is 0 Å². The van der Waals surface area contributed by atoms with Crippen LogP contribution in [0.4, 0.5) is 5.69 Å². The largest absolute Gasteiger partial charge is 0.393 e. The van der Waals surface area contributed by atoms with Crippen LogP contribution < -0.4 is 5.32 Å². The summed E-state index contributed by atoms with van der Waals surface area (Å²) in [7, 11) is 0. The molecular formula is C19H30N2O2. The molecule has 1 amide bonds. The van der Waals surface area contributed by atoms with Crippen LogP contribution in [-0.4, -0.2) is 41.7 Å². The van der Waals surface area contributed by atoms with Crippen molar-refractivity contribution in [2.75, 3.05) is 25.0 Å². The van der Waals surface area contributed by atoms with E-state index >= 15 is 0 Å². The highest BCUT2D eigenvalue weighted by molar-refractivity contribution is 5.92. The molecule has 0 saturated carbocycles. The normalized spacial score (nSPS) is 18.7. The average molecular weight is 318 g/mol. The van der Waals surface area contributed by atoms with Crippen molar-refractivity contribution in [1.82, 2.24) is 4.90 Å². The van der Waals surface area contributed by atoms with Gasteiger partial charge in [0.15, 0.2) is 0 Å². The van der Waals surface area contributed by atoms with E-state index in [0.717, 1.165) is 31.6 Å². The summed E-state index contributed by atoms with van der Waals surface area (Å²) in [5, 5.41) is 12.6. The summed E-state index contributed by atoms with van der Waals surface area (Å²) in [5.41, 5.74) is 2.23. The zero-order valence-corrected chi connectivity index (χ0v) is 14.8. The van der Waals surface area contributed by atoms with Crippen LogP contribution in [0.5, 0.6) is 0 Å². The molecule has 1 heterocycles. The average Bonchev–Trinajstić information content (AvgIpc) is 2.47. The molecule has 4 nitrogen and oxygen atoms in total. The molecular weight excluding hydrogens is 288 g/mol.